The molecule has 0 saturated carbocycles. The summed E-state index contributed by atoms with van der Waals surface area (Å²) in [5, 5.41) is 20.6. The number of hydrogen-bond acceptors (Lipinski definition) is 2. The van der Waals surface area contributed by atoms with Crippen molar-refractivity contribution in [1.82, 2.24) is 0 Å². The summed E-state index contributed by atoms with van der Waals surface area (Å²) in [5.41, 5.74) is 15.5. The topological polar surface area (TPSA) is 40.5 Å². The van der Waals surface area contributed by atoms with E-state index in [-0.39, 0.29) is 5.75 Å². The Balaban J connectivity index is 2.28. The summed E-state index contributed by atoms with van der Waals surface area (Å²) in [4.78, 5) is 0. The zero-order chi connectivity index (χ0) is 41.2. The Kier molecular flexibility index (Phi) is 25.9. The normalized spacial score (nSPS) is 14.3. The first-order valence-electron chi connectivity index (χ1n) is 21.5. The summed E-state index contributed by atoms with van der Waals surface area (Å²) in [6.45, 7) is 26.2. The van der Waals surface area contributed by atoms with Gasteiger partial charge in [0.1, 0.15) is 11.5 Å². The van der Waals surface area contributed by atoms with Gasteiger partial charge in [0.05, 0.1) is 0 Å². The van der Waals surface area contributed by atoms with E-state index in [0.717, 1.165) is 100 Å². The quantitative estimate of drug-likeness (QED) is 0.0731. The maximum atomic E-state index is 10.4. The number of phenolic OH excluding ortho intramolecular Hbond substituents is 2. The molecule has 1 aromatic carbocycles. The van der Waals surface area contributed by atoms with E-state index in [2.05, 4.69) is 124 Å². The number of hydrogen-bond donors (Lipinski definition) is 2. The lowest BCUT2D eigenvalue weighted by molar-refractivity contribution is 0.448. The highest BCUT2D eigenvalue weighted by molar-refractivity contribution is 5.51. The molecule has 2 N–H and O–H groups in total. The largest absolute Gasteiger partial charge is 0.508 e. The average molecular weight is 751 g/mol. The molecule has 306 valence electrons. The van der Waals surface area contributed by atoms with Crippen LogP contribution in [-0.4, -0.2) is 10.2 Å². The molecule has 0 spiro atoms. The molecule has 0 atom stereocenters. The van der Waals surface area contributed by atoms with Crippen molar-refractivity contribution in [1.29, 1.82) is 0 Å². The third-order valence-electron chi connectivity index (χ3n) is 10.9. The molecule has 0 aromatic heterocycles. The van der Waals surface area contributed by atoms with Crippen molar-refractivity contribution in [2.75, 3.05) is 0 Å². The highest BCUT2D eigenvalue weighted by atomic mass is 16.3. The number of allylic oxidation sites excluding steroid dienone is 18. The van der Waals surface area contributed by atoms with E-state index in [1.165, 1.54) is 69.4 Å². The van der Waals surface area contributed by atoms with Crippen molar-refractivity contribution in [3.8, 4) is 11.5 Å². The standard InChI is InChI=1S/C53H82O2/c1-40(2)21-13-22-41(3)23-14-24-42(4)25-15-26-43(5)27-16-28-44(6)29-17-30-45(7)31-18-32-46(8)33-19-34-47(9)35-20-36-48(10)37-38-51-39-52(54)49(11)50(12)53(51)55/h21,23,25,27,29,31,33,35,37,39,54-55H,13-20,22,24,26,28,30,32,34,36,38H2,1-12H3/b41-23+,42-25+,43-27-,44-29-,45-31-,46-33+,47-35+,48-37+. The third-order valence-corrected chi connectivity index (χ3v) is 10.9. The third kappa shape index (κ3) is 24.6. The van der Waals surface area contributed by atoms with Crippen molar-refractivity contribution >= 4 is 0 Å². The molecule has 0 saturated heterocycles. The van der Waals surface area contributed by atoms with Crippen LogP contribution in [0.2, 0.25) is 0 Å². The SMILES string of the molecule is CC(C)=CCC/C(C)=C/CC/C(C)=C/CC/C(C)=C\CC/C(C)=C\CC/C(C)=C\CC/C(C)=C/CC/C(C)=C/CC/C(C)=C/Cc1cc(O)c(C)c(C)c1O. The predicted octanol–water partition coefficient (Wildman–Crippen LogP) is 17.0. The van der Waals surface area contributed by atoms with Gasteiger partial charge in [0.15, 0.2) is 0 Å². The van der Waals surface area contributed by atoms with E-state index in [4.69, 9.17) is 0 Å². The molecule has 0 heterocycles. The molecular formula is C53H82O2. The fraction of sp³-hybridized carbons (Fsp3) is 0.547. The maximum Gasteiger partial charge on any atom is 0.122 e. The summed E-state index contributed by atoms with van der Waals surface area (Å²) in [5.74, 6) is 0.554. The number of benzene rings is 1. The van der Waals surface area contributed by atoms with Gasteiger partial charge in [0.2, 0.25) is 0 Å². The van der Waals surface area contributed by atoms with Crippen LogP contribution >= 0.6 is 0 Å². The van der Waals surface area contributed by atoms with Gasteiger partial charge in [0.25, 0.3) is 0 Å². The molecule has 0 bridgehead atoms. The van der Waals surface area contributed by atoms with Crippen LogP contribution in [0.4, 0.5) is 0 Å². The molecule has 1 rings (SSSR count). The first-order valence-corrected chi connectivity index (χ1v) is 21.5. The first kappa shape index (κ1) is 49.5. The van der Waals surface area contributed by atoms with Crippen LogP contribution in [-0.2, 0) is 6.42 Å². The van der Waals surface area contributed by atoms with Gasteiger partial charge in [-0.2, -0.15) is 0 Å². The fourth-order valence-electron chi connectivity index (χ4n) is 6.62. The van der Waals surface area contributed by atoms with Gasteiger partial charge < -0.3 is 10.2 Å². The Labute approximate surface area is 340 Å². The van der Waals surface area contributed by atoms with Crippen molar-refractivity contribution in [3.05, 3.63) is 128 Å². The molecule has 0 aliphatic rings. The van der Waals surface area contributed by atoms with E-state index < -0.39 is 0 Å². The Morgan fingerprint density at radius 3 is 0.909 bits per heavy atom. The number of rotatable bonds is 26. The number of phenols is 2. The highest BCUT2D eigenvalue weighted by Gasteiger charge is 2.10. The van der Waals surface area contributed by atoms with Gasteiger partial charge in [-0.25, -0.2) is 0 Å². The molecule has 0 unspecified atom stereocenters. The molecule has 0 fully saturated rings. The molecule has 2 nitrogen and oxygen atoms in total. The van der Waals surface area contributed by atoms with Gasteiger partial charge in [-0.15, -0.1) is 0 Å². The van der Waals surface area contributed by atoms with Gasteiger partial charge in [-0.3, -0.25) is 0 Å². The lowest BCUT2D eigenvalue weighted by Gasteiger charge is -2.10. The summed E-state index contributed by atoms with van der Waals surface area (Å²) in [7, 11) is 0. The van der Waals surface area contributed by atoms with Crippen LogP contribution in [0, 0.1) is 13.8 Å². The molecule has 0 aliphatic heterocycles. The summed E-state index contributed by atoms with van der Waals surface area (Å²) in [6, 6.07) is 1.69. The summed E-state index contributed by atoms with van der Waals surface area (Å²) in [6.07, 6.45) is 40.3. The van der Waals surface area contributed by atoms with E-state index in [1.54, 1.807) is 6.07 Å². The smallest absolute Gasteiger partial charge is 0.122 e. The minimum atomic E-state index is 0.255. The van der Waals surface area contributed by atoms with E-state index in [0.29, 0.717) is 12.2 Å². The van der Waals surface area contributed by atoms with Crippen LogP contribution in [0.15, 0.2) is 111 Å². The van der Waals surface area contributed by atoms with Gasteiger partial charge >= 0.3 is 0 Å². The molecule has 1 aromatic rings. The molecule has 0 aliphatic carbocycles. The van der Waals surface area contributed by atoms with Crippen LogP contribution < -0.4 is 0 Å². The Bertz CT molecular complexity index is 1590. The second-order valence-corrected chi connectivity index (χ2v) is 16.9. The van der Waals surface area contributed by atoms with Gasteiger partial charge in [-0.05, 0) is 209 Å². The zero-order valence-electron chi connectivity index (χ0n) is 37.7. The average Bonchev–Trinajstić information content (AvgIpc) is 3.11. The monoisotopic (exact) mass is 751 g/mol. The van der Waals surface area contributed by atoms with Crippen molar-refractivity contribution in [2.24, 2.45) is 0 Å². The van der Waals surface area contributed by atoms with Crippen molar-refractivity contribution in [2.45, 2.75) is 192 Å². The van der Waals surface area contributed by atoms with Crippen molar-refractivity contribution in [3.63, 3.8) is 0 Å². The second-order valence-electron chi connectivity index (χ2n) is 16.9. The molecule has 55 heavy (non-hydrogen) atoms. The van der Waals surface area contributed by atoms with Crippen LogP contribution in [0.25, 0.3) is 0 Å². The van der Waals surface area contributed by atoms with Crippen LogP contribution in [0.3, 0.4) is 0 Å². The zero-order valence-corrected chi connectivity index (χ0v) is 37.7. The lowest BCUT2D eigenvalue weighted by Crippen LogP contribution is -1.91. The molecule has 0 amide bonds. The van der Waals surface area contributed by atoms with E-state index in [9.17, 15) is 10.2 Å². The van der Waals surface area contributed by atoms with Gasteiger partial charge in [0, 0.05) is 5.56 Å². The maximum absolute atomic E-state index is 10.4. The van der Waals surface area contributed by atoms with E-state index in [1.807, 2.05) is 13.8 Å². The molecule has 0 radical (unpaired) electrons. The Morgan fingerprint density at radius 1 is 0.382 bits per heavy atom. The predicted molar refractivity (Wildman–Crippen MR) is 246 cm³/mol. The number of aromatic hydroxyl groups is 2. The Hall–Kier alpha value is -3.52. The molecular weight excluding hydrogens is 669 g/mol. The summed E-state index contributed by atoms with van der Waals surface area (Å²) >= 11 is 0. The van der Waals surface area contributed by atoms with Crippen LogP contribution in [0.1, 0.15) is 189 Å². The minimum Gasteiger partial charge on any atom is -0.508 e. The van der Waals surface area contributed by atoms with E-state index >= 15 is 0 Å². The Morgan fingerprint density at radius 2 is 0.636 bits per heavy atom. The minimum absolute atomic E-state index is 0.255. The second kappa shape index (κ2) is 28.8. The highest BCUT2D eigenvalue weighted by Crippen LogP contribution is 2.32. The van der Waals surface area contributed by atoms with Crippen LogP contribution in [0.5, 0.6) is 11.5 Å². The summed E-state index contributed by atoms with van der Waals surface area (Å²) < 4.78 is 0. The lowest BCUT2D eigenvalue weighted by atomic mass is 9.99. The molecule has 2 heteroatoms. The first-order chi connectivity index (χ1) is 26.1. The van der Waals surface area contributed by atoms with Crippen molar-refractivity contribution < 1.29 is 10.2 Å². The van der Waals surface area contributed by atoms with Gasteiger partial charge in [-0.1, -0.05) is 105 Å². The fourth-order valence-corrected chi connectivity index (χ4v) is 6.62.